The molecule has 8 heteroatoms. The minimum atomic E-state index is -0.960. The molecule has 0 aromatic carbocycles. The summed E-state index contributed by atoms with van der Waals surface area (Å²) >= 11 is 0. The number of aryl methyl sites for hydroxylation is 1. The van der Waals surface area contributed by atoms with Crippen LogP contribution in [0.3, 0.4) is 0 Å². The number of aliphatic carboxylic acids is 1. The Morgan fingerprint density at radius 1 is 1.56 bits per heavy atom. The molecule has 18 heavy (non-hydrogen) atoms. The summed E-state index contributed by atoms with van der Waals surface area (Å²) in [7, 11) is 1.41. The van der Waals surface area contributed by atoms with Gasteiger partial charge in [0, 0.05) is 20.1 Å². The molecule has 0 bridgehead atoms. The summed E-state index contributed by atoms with van der Waals surface area (Å²) in [5.41, 5.74) is 0. The van der Waals surface area contributed by atoms with Gasteiger partial charge in [-0.1, -0.05) is 0 Å². The Balaban J connectivity index is 2.21. The summed E-state index contributed by atoms with van der Waals surface area (Å²) in [4.78, 5) is 25.7. The summed E-state index contributed by atoms with van der Waals surface area (Å²) in [6, 6.07) is 0. The molecule has 0 spiro atoms. The van der Waals surface area contributed by atoms with Crippen LogP contribution in [-0.2, 0) is 20.9 Å². The molecule has 1 amide bonds. The maximum Gasteiger partial charge on any atom is 0.306 e. The number of carboxylic acid groups (broad SMARTS) is 1. The van der Waals surface area contributed by atoms with Gasteiger partial charge in [-0.2, -0.15) is 5.10 Å². The molecule has 0 radical (unpaired) electrons. The second-order valence-corrected chi connectivity index (χ2v) is 3.67. The largest absolute Gasteiger partial charge is 0.481 e. The van der Waals surface area contributed by atoms with Crippen LogP contribution in [-0.4, -0.2) is 51.5 Å². The highest BCUT2D eigenvalue weighted by molar-refractivity contribution is 5.76. The van der Waals surface area contributed by atoms with Gasteiger partial charge >= 0.3 is 5.97 Å². The monoisotopic (exact) mass is 256 g/mol. The molecule has 0 fully saturated rings. The van der Waals surface area contributed by atoms with Crippen LogP contribution in [0, 0.1) is 0 Å². The Morgan fingerprint density at radius 2 is 2.33 bits per heavy atom. The van der Waals surface area contributed by atoms with Crippen molar-refractivity contribution in [2.24, 2.45) is 0 Å². The second kappa shape index (κ2) is 7.38. The van der Waals surface area contributed by atoms with Crippen molar-refractivity contribution in [3.8, 4) is 0 Å². The molecule has 0 saturated carbocycles. The first-order chi connectivity index (χ1) is 8.61. The third kappa shape index (κ3) is 5.39. The maximum atomic E-state index is 11.5. The Labute approximate surface area is 104 Å². The van der Waals surface area contributed by atoms with E-state index in [0.29, 0.717) is 6.54 Å². The van der Waals surface area contributed by atoms with E-state index in [4.69, 9.17) is 9.84 Å². The summed E-state index contributed by atoms with van der Waals surface area (Å²) in [6.07, 6.45) is 2.52. The zero-order valence-corrected chi connectivity index (χ0v) is 10.1. The smallest absolute Gasteiger partial charge is 0.306 e. The summed E-state index contributed by atoms with van der Waals surface area (Å²) < 4.78 is 6.49. The second-order valence-electron chi connectivity index (χ2n) is 3.67. The first-order valence-corrected chi connectivity index (χ1v) is 5.45. The molecular formula is C10H16N4O4. The average Bonchev–Trinajstić information content (AvgIpc) is 2.84. The standard InChI is InChI=1S/C10H16N4O4/c1-18-8(4-10(16)17)5-12-9(15)2-3-14-7-11-6-13-14/h6-8H,2-5H2,1H3,(H,12,15)(H,16,17). The van der Waals surface area contributed by atoms with Gasteiger partial charge in [0.1, 0.15) is 12.7 Å². The number of nitrogens with one attached hydrogen (secondary N) is 1. The number of hydrogen-bond donors (Lipinski definition) is 2. The first-order valence-electron chi connectivity index (χ1n) is 5.45. The van der Waals surface area contributed by atoms with E-state index in [1.54, 1.807) is 4.68 Å². The minimum Gasteiger partial charge on any atom is -0.481 e. The summed E-state index contributed by atoms with van der Waals surface area (Å²) in [6.45, 7) is 0.613. The van der Waals surface area contributed by atoms with Crippen LogP contribution in [0.25, 0.3) is 0 Å². The highest BCUT2D eigenvalue weighted by Gasteiger charge is 2.13. The highest BCUT2D eigenvalue weighted by atomic mass is 16.5. The van der Waals surface area contributed by atoms with Crippen LogP contribution in [0.5, 0.6) is 0 Å². The summed E-state index contributed by atoms with van der Waals surface area (Å²) in [5, 5.41) is 15.1. The van der Waals surface area contributed by atoms with E-state index in [0.717, 1.165) is 0 Å². The average molecular weight is 256 g/mol. The molecule has 8 nitrogen and oxygen atoms in total. The Hall–Kier alpha value is -1.96. The predicted molar refractivity (Wildman–Crippen MR) is 60.7 cm³/mol. The van der Waals surface area contributed by atoms with Crippen LogP contribution in [0.2, 0.25) is 0 Å². The van der Waals surface area contributed by atoms with E-state index in [9.17, 15) is 9.59 Å². The van der Waals surface area contributed by atoms with Crippen molar-refractivity contribution < 1.29 is 19.4 Å². The third-order valence-electron chi connectivity index (χ3n) is 2.30. The third-order valence-corrected chi connectivity index (χ3v) is 2.30. The number of carbonyl (C=O) groups excluding carboxylic acids is 1. The summed E-state index contributed by atoms with van der Waals surface area (Å²) in [5.74, 6) is -1.14. The van der Waals surface area contributed by atoms with Crippen molar-refractivity contribution in [2.75, 3.05) is 13.7 Å². The minimum absolute atomic E-state index is 0.139. The molecule has 0 aliphatic carbocycles. The lowest BCUT2D eigenvalue weighted by molar-refractivity contribution is -0.140. The van der Waals surface area contributed by atoms with E-state index in [1.165, 1.54) is 19.8 Å². The number of nitrogens with zero attached hydrogens (tertiary/aromatic N) is 3. The van der Waals surface area contributed by atoms with E-state index in [1.807, 2.05) is 0 Å². The molecular weight excluding hydrogens is 240 g/mol. The number of ether oxygens (including phenoxy) is 1. The van der Waals surface area contributed by atoms with Crippen molar-refractivity contribution in [2.45, 2.75) is 25.5 Å². The maximum absolute atomic E-state index is 11.5. The van der Waals surface area contributed by atoms with Gasteiger partial charge in [-0.15, -0.1) is 0 Å². The van der Waals surface area contributed by atoms with E-state index < -0.39 is 12.1 Å². The molecule has 1 unspecified atom stereocenters. The van der Waals surface area contributed by atoms with Crippen LogP contribution in [0.15, 0.2) is 12.7 Å². The molecule has 1 atom stereocenters. The fourth-order valence-corrected chi connectivity index (χ4v) is 1.31. The zero-order valence-electron chi connectivity index (χ0n) is 10.1. The van der Waals surface area contributed by atoms with Gasteiger partial charge in [0.2, 0.25) is 5.91 Å². The fraction of sp³-hybridized carbons (Fsp3) is 0.600. The van der Waals surface area contributed by atoms with Gasteiger partial charge in [0.05, 0.1) is 19.1 Å². The lowest BCUT2D eigenvalue weighted by Crippen LogP contribution is -2.34. The first kappa shape index (κ1) is 14.1. The van der Waals surface area contributed by atoms with Crippen molar-refractivity contribution >= 4 is 11.9 Å². The predicted octanol–water partition coefficient (Wildman–Crippen LogP) is -0.726. The fourth-order valence-electron chi connectivity index (χ4n) is 1.31. The van der Waals surface area contributed by atoms with Crippen molar-refractivity contribution in [3.05, 3.63) is 12.7 Å². The van der Waals surface area contributed by atoms with E-state index in [-0.39, 0.29) is 25.3 Å². The molecule has 1 rings (SSSR count). The van der Waals surface area contributed by atoms with E-state index >= 15 is 0 Å². The SMILES string of the molecule is COC(CNC(=O)CCn1cncn1)CC(=O)O. The normalized spacial score (nSPS) is 12.1. The highest BCUT2D eigenvalue weighted by Crippen LogP contribution is 1.96. The van der Waals surface area contributed by atoms with Gasteiger partial charge < -0.3 is 15.2 Å². The molecule has 0 aliphatic heterocycles. The van der Waals surface area contributed by atoms with Crippen LogP contribution >= 0.6 is 0 Å². The number of hydrogen-bond acceptors (Lipinski definition) is 5. The Morgan fingerprint density at radius 3 is 2.89 bits per heavy atom. The lowest BCUT2D eigenvalue weighted by atomic mass is 10.2. The number of rotatable bonds is 8. The lowest BCUT2D eigenvalue weighted by Gasteiger charge is -2.13. The molecule has 100 valence electrons. The van der Waals surface area contributed by atoms with E-state index in [2.05, 4.69) is 15.4 Å². The molecule has 2 N–H and O–H groups in total. The number of carbonyl (C=O) groups is 2. The molecule has 0 saturated heterocycles. The van der Waals surface area contributed by atoms with Crippen LogP contribution in [0.1, 0.15) is 12.8 Å². The topological polar surface area (TPSA) is 106 Å². The van der Waals surface area contributed by atoms with Gasteiger partial charge in [0.25, 0.3) is 0 Å². The number of methoxy groups -OCH3 is 1. The molecule has 1 aromatic rings. The van der Waals surface area contributed by atoms with Gasteiger partial charge in [-0.05, 0) is 0 Å². The molecule has 1 aromatic heterocycles. The van der Waals surface area contributed by atoms with Crippen LogP contribution in [0.4, 0.5) is 0 Å². The van der Waals surface area contributed by atoms with Gasteiger partial charge in [-0.3, -0.25) is 14.3 Å². The number of aromatic nitrogens is 3. The quantitative estimate of drug-likeness (QED) is 0.635. The van der Waals surface area contributed by atoms with Crippen molar-refractivity contribution in [1.29, 1.82) is 0 Å². The Kier molecular flexibility index (Phi) is 5.78. The van der Waals surface area contributed by atoms with Crippen LogP contribution < -0.4 is 5.32 Å². The van der Waals surface area contributed by atoms with Crippen molar-refractivity contribution in [3.63, 3.8) is 0 Å². The molecule has 1 heterocycles. The Bertz CT molecular complexity index is 379. The van der Waals surface area contributed by atoms with Gasteiger partial charge in [-0.25, -0.2) is 4.98 Å². The number of carboxylic acids is 1. The van der Waals surface area contributed by atoms with Gasteiger partial charge in [0.15, 0.2) is 0 Å². The number of amides is 1. The zero-order chi connectivity index (χ0) is 13.4. The molecule has 0 aliphatic rings. The van der Waals surface area contributed by atoms with Crippen molar-refractivity contribution in [1.82, 2.24) is 20.1 Å².